The Labute approximate surface area is 163 Å². The minimum absolute atomic E-state index is 0.327. The third-order valence-corrected chi connectivity index (χ3v) is 6.03. The summed E-state index contributed by atoms with van der Waals surface area (Å²) in [6.07, 6.45) is 2.45. The lowest BCUT2D eigenvalue weighted by atomic mass is 10.1. The summed E-state index contributed by atoms with van der Waals surface area (Å²) >= 11 is 1.63. The van der Waals surface area contributed by atoms with Gasteiger partial charge in [0.1, 0.15) is 17.0 Å². The van der Waals surface area contributed by atoms with E-state index in [-0.39, 0.29) is 0 Å². The Hall–Kier alpha value is -2.68. The number of fused-ring (bicyclic) bond motifs is 1. The van der Waals surface area contributed by atoms with E-state index in [2.05, 4.69) is 27.9 Å². The van der Waals surface area contributed by atoms with Gasteiger partial charge in [0.15, 0.2) is 17.5 Å². The minimum atomic E-state index is -1.63. The molecule has 0 aliphatic carbocycles. The van der Waals surface area contributed by atoms with Crippen molar-refractivity contribution >= 4 is 33.3 Å². The average Bonchev–Trinajstić information content (AvgIpc) is 3.15. The van der Waals surface area contributed by atoms with E-state index in [4.69, 9.17) is 0 Å². The lowest BCUT2D eigenvalue weighted by molar-refractivity contribution is 0.0740. The van der Waals surface area contributed by atoms with Gasteiger partial charge in [0, 0.05) is 31.1 Å². The minimum Gasteiger partial charge on any atom is -0.352 e. The van der Waals surface area contributed by atoms with E-state index < -0.39 is 28.9 Å². The van der Waals surface area contributed by atoms with Gasteiger partial charge in [0.25, 0.3) is 5.91 Å². The number of hydrogen-bond donors (Lipinski definition) is 0. The quantitative estimate of drug-likeness (QED) is 0.624. The Morgan fingerprint density at radius 1 is 1.11 bits per heavy atom. The van der Waals surface area contributed by atoms with Crippen molar-refractivity contribution in [3.63, 3.8) is 0 Å². The van der Waals surface area contributed by atoms with Crippen LogP contribution in [0.2, 0.25) is 0 Å². The van der Waals surface area contributed by atoms with E-state index in [0.717, 1.165) is 34.6 Å². The maximum Gasteiger partial charge on any atom is 0.257 e. The summed E-state index contributed by atoms with van der Waals surface area (Å²) in [7, 11) is 0. The number of aryl methyl sites for hydroxylation is 1. The summed E-state index contributed by atoms with van der Waals surface area (Å²) in [5, 5.41) is 0.982. The van der Waals surface area contributed by atoms with Gasteiger partial charge in [-0.15, -0.1) is 11.3 Å². The van der Waals surface area contributed by atoms with Crippen molar-refractivity contribution in [2.45, 2.75) is 13.3 Å². The van der Waals surface area contributed by atoms with Gasteiger partial charge in [-0.05, 0) is 24.6 Å². The number of carbonyl (C=O) groups is 1. The second-order valence-corrected chi connectivity index (χ2v) is 7.60. The van der Waals surface area contributed by atoms with Gasteiger partial charge < -0.3 is 9.80 Å². The second kappa shape index (κ2) is 7.38. The number of amides is 1. The SMILES string of the molecule is CCc1cc2c(N3CCN(C(=O)c4ccc(F)c(F)c4F)CC3)ncnc2s1. The highest BCUT2D eigenvalue weighted by Crippen LogP contribution is 2.31. The van der Waals surface area contributed by atoms with Crippen molar-refractivity contribution in [2.75, 3.05) is 31.1 Å². The first kappa shape index (κ1) is 18.7. The van der Waals surface area contributed by atoms with Crippen LogP contribution in [0, 0.1) is 17.5 Å². The molecule has 9 heteroatoms. The molecular weight excluding hydrogens is 389 g/mol. The Balaban J connectivity index is 1.52. The Morgan fingerprint density at radius 2 is 1.86 bits per heavy atom. The van der Waals surface area contributed by atoms with Crippen LogP contribution in [0.4, 0.5) is 19.0 Å². The van der Waals surface area contributed by atoms with Crippen LogP contribution in [0.3, 0.4) is 0 Å². The van der Waals surface area contributed by atoms with Gasteiger partial charge in [-0.2, -0.15) is 0 Å². The molecule has 1 fully saturated rings. The number of nitrogens with zero attached hydrogens (tertiary/aromatic N) is 4. The van der Waals surface area contributed by atoms with Crippen molar-refractivity contribution in [3.05, 3.63) is 52.4 Å². The van der Waals surface area contributed by atoms with Crippen LogP contribution in [-0.4, -0.2) is 47.0 Å². The monoisotopic (exact) mass is 406 g/mol. The highest BCUT2D eigenvalue weighted by atomic mass is 32.1. The third kappa shape index (κ3) is 3.19. The topological polar surface area (TPSA) is 49.3 Å². The fourth-order valence-electron chi connectivity index (χ4n) is 3.30. The van der Waals surface area contributed by atoms with Crippen LogP contribution in [0.25, 0.3) is 10.2 Å². The molecule has 1 aliphatic heterocycles. The second-order valence-electron chi connectivity index (χ2n) is 6.48. The summed E-state index contributed by atoms with van der Waals surface area (Å²) < 4.78 is 40.5. The largest absolute Gasteiger partial charge is 0.352 e. The Bertz CT molecular complexity index is 1050. The van der Waals surface area contributed by atoms with Crippen LogP contribution >= 0.6 is 11.3 Å². The molecule has 1 aromatic carbocycles. The van der Waals surface area contributed by atoms with E-state index in [9.17, 15) is 18.0 Å². The van der Waals surface area contributed by atoms with Gasteiger partial charge in [0.2, 0.25) is 0 Å². The first-order valence-electron chi connectivity index (χ1n) is 8.90. The van der Waals surface area contributed by atoms with E-state index in [0.29, 0.717) is 26.2 Å². The fraction of sp³-hybridized carbons (Fsp3) is 0.316. The molecule has 0 N–H and O–H groups in total. The number of benzene rings is 1. The molecule has 3 heterocycles. The van der Waals surface area contributed by atoms with Gasteiger partial charge >= 0.3 is 0 Å². The van der Waals surface area contributed by atoms with E-state index in [1.165, 1.54) is 16.1 Å². The lowest BCUT2D eigenvalue weighted by Crippen LogP contribution is -2.49. The predicted molar refractivity (Wildman–Crippen MR) is 101 cm³/mol. The number of thiophene rings is 1. The normalized spacial score (nSPS) is 14.7. The van der Waals surface area contributed by atoms with Crippen molar-refractivity contribution < 1.29 is 18.0 Å². The smallest absolute Gasteiger partial charge is 0.257 e. The summed E-state index contributed by atoms with van der Waals surface area (Å²) in [4.78, 5) is 26.9. The van der Waals surface area contributed by atoms with Gasteiger partial charge in [0.05, 0.1) is 10.9 Å². The molecule has 28 heavy (non-hydrogen) atoms. The predicted octanol–water partition coefficient (Wildman–Crippen LogP) is 3.63. The lowest BCUT2D eigenvalue weighted by Gasteiger charge is -2.35. The van der Waals surface area contributed by atoms with Crippen molar-refractivity contribution in [1.82, 2.24) is 14.9 Å². The highest BCUT2D eigenvalue weighted by Gasteiger charge is 2.27. The van der Waals surface area contributed by atoms with E-state index >= 15 is 0 Å². The molecule has 0 atom stereocenters. The highest BCUT2D eigenvalue weighted by molar-refractivity contribution is 7.18. The zero-order valence-corrected chi connectivity index (χ0v) is 15.9. The summed E-state index contributed by atoms with van der Waals surface area (Å²) in [5.74, 6) is -4.22. The van der Waals surface area contributed by atoms with Crippen LogP contribution in [-0.2, 0) is 6.42 Å². The first-order valence-corrected chi connectivity index (χ1v) is 9.72. The molecule has 0 bridgehead atoms. The number of piperazine rings is 1. The van der Waals surface area contributed by atoms with Gasteiger partial charge in [-0.25, -0.2) is 23.1 Å². The van der Waals surface area contributed by atoms with Crippen molar-refractivity contribution in [3.8, 4) is 0 Å². The van der Waals surface area contributed by atoms with Crippen LogP contribution in [0.5, 0.6) is 0 Å². The van der Waals surface area contributed by atoms with Crippen LogP contribution < -0.4 is 4.90 Å². The third-order valence-electron chi connectivity index (χ3n) is 4.84. The molecule has 1 aliphatic rings. The first-order chi connectivity index (χ1) is 13.5. The molecule has 2 aromatic heterocycles. The maximum absolute atomic E-state index is 13.9. The van der Waals surface area contributed by atoms with E-state index in [1.807, 2.05) is 0 Å². The summed E-state index contributed by atoms with van der Waals surface area (Å²) in [6.45, 7) is 3.74. The molecule has 0 radical (unpaired) electrons. The fourth-order valence-corrected chi connectivity index (χ4v) is 4.23. The summed E-state index contributed by atoms with van der Waals surface area (Å²) in [5.41, 5.74) is -0.456. The molecule has 3 aromatic rings. The van der Waals surface area contributed by atoms with Crippen LogP contribution in [0.15, 0.2) is 24.5 Å². The zero-order valence-electron chi connectivity index (χ0n) is 15.1. The Morgan fingerprint density at radius 3 is 2.57 bits per heavy atom. The van der Waals surface area contributed by atoms with Gasteiger partial charge in [-0.1, -0.05) is 6.92 Å². The molecule has 1 amide bonds. The maximum atomic E-state index is 13.9. The number of carbonyl (C=O) groups excluding carboxylic acids is 1. The molecule has 0 spiro atoms. The molecule has 5 nitrogen and oxygen atoms in total. The van der Waals surface area contributed by atoms with E-state index in [1.54, 1.807) is 11.3 Å². The van der Waals surface area contributed by atoms with Crippen molar-refractivity contribution in [1.29, 1.82) is 0 Å². The van der Waals surface area contributed by atoms with Crippen LogP contribution in [0.1, 0.15) is 22.2 Å². The number of anilines is 1. The average molecular weight is 406 g/mol. The molecule has 1 saturated heterocycles. The van der Waals surface area contributed by atoms with Gasteiger partial charge in [-0.3, -0.25) is 4.79 Å². The molecular formula is C19H17F3N4OS. The number of rotatable bonds is 3. The van der Waals surface area contributed by atoms with Crippen molar-refractivity contribution in [2.24, 2.45) is 0 Å². The number of halogens is 3. The molecule has 146 valence electrons. The zero-order chi connectivity index (χ0) is 19.8. The standard InChI is InChI=1S/C19H17F3N4OS/c1-2-11-9-13-17(23-10-24-18(13)28-11)25-5-7-26(8-6-25)19(27)12-3-4-14(20)16(22)15(12)21/h3-4,9-10H,2,5-8H2,1H3. The molecule has 0 unspecified atom stereocenters. The summed E-state index contributed by atoms with van der Waals surface area (Å²) in [6, 6.07) is 3.83. The number of hydrogen-bond acceptors (Lipinski definition) is 5. The molecule has 4 rings (SSSR count). The molecule has 0 saturated carbocycles. The number of aromatic nitrogens is 2. The Kier molecular flexibility index (Phi) is 4.92.